The SMILES string of the molecule is CCc1sc(C(C)C=O)cc1Br. The predicted octanol–water partition coefficient (Wildman–Crippen LogP) is 3.38. The number of halogens is 1. The number of aldehydes is 1. The van der Waals surface area contributed by atoms with Crippen molar-refractivity contribution < 1.29 is 4.79 Å². The van der Waals surface area contributed by atoms with Crippen molar-refractivity contribution in [2.24, 2.45) is 0 Å². The van der Waals surface area contributed by atoms with Crippen LogP contribution in [0.3, 0.4) is 0 Å². The van der Waals surface area contributed by atoms with E-state index < -0.39 is 0 Å². The molecule has 1 atom stereocenters. The number of thiophene rings is 1. The monoisotopic (exact) mass is 246 g/mol. The molecule has 1 aromatic heterocycles. The van der Waals surface area contributed by atoms with Crippen molar-refractivity contribution in [1.82, 2.24) is 0 Å². The number of aryl methyl sites for hydroxylation is 1. The average Bonchev–Trinajstić information content (AvgIpc) is 2.45. The van der Waals surface area contributed by atoms with Gasteiger partial charge in [-0.1, -0.05) is 13.8 Å². The maximum absolute atomic E-state index is 10.5. The molecule has 0 aliphatic carbocycles. The van der Waals surface area contributed by atoms with E-state index in [2.05, 4.69) is 22.9 Å². The van der Waals surface area contributed by atoms with Crippen molar-refractivity contribution in [2.75, 3.05) is 0 Å². The quantitative estimate of drug-likeness (QED) is 0.748. The van der Waals surface area contributed by atoms with E-state index in [0.717, 1.165) is 22.1 Å². The Morgan fingerprint density at radius 3 is 2.83 bits per heavy atom. The van der Waals surface area contributed by atoms with Crippen LogP contribution >= 0.6 is 27.3 Å². The van der Waals surface area contributed by atoms with E-state index >= 15 is 0 Å². The van der Waals surface area contributed by atoms with Gasteiger partial charge in [0.25, 0.3) is 0 Å². The van der Waals surface area contributed by atoms with Crippen molar-refractivity contribution in [2.45, 2.75) is 26.2 Å². The second-order valence-electron chi connectivity index (χ2n) is 2.70. The van der Waals surface area contributed by atoms with E-state index in [0.29, 0.717) is 0 Å². The zero-order valence-corrected chi connectivity index (χ0v) is 9.54. The van der Waals surface area contributed by atoms with Crippen molar-refractivity contribution >= 4 is 33.6 Å². The smallest absolute Gasteiger partial charge is 0.127 e. The van der Waals surface area contributed by atoms with Gasteiger partial charge in [0, 0.05) is 20.1 Å². The summed E-state index contributed by atoms with van der Waals surface area (Å²) in [5.74, 6) is 0.0339. The third kappa shape index (κ3) is 1.96. The van der Waals surface area contributed by atoms with Crippen LogP contribution in [0.15, 0.2) is 10.5 Å². The lowest BCUT2D eigenvalue weighted by molar-refractivity contribution is -0.108. The van der Waals surface area contributed by atoms with Crippen LogP contribution in [0.2, 0.25) is 0 Å². The van der Waals surface area contributed by atoms with E-state index in [4.69, 9.17) is 0 Å². The van der Waals surface area contributed by atoms with Crippen LogP contribution in [0.5, 0.6) is 0 Å². The highest BCUT2D eigenvalue weighted by atomic mass is 79.9. The molecule has 3 heteroatoms. The predicted molar refractivity (Wildman–Crippen MR) is 55.9 cm³/mol. The molecule has 0 aromatic carbocycles. The molecule has 1 nitrogen and oxygen atoms in total. The van der Waals surface area contributed by atoms with Crippen LogP contribution < -0.4 is 0 Å². The van der Waals surface area contributed by atoms with Gasteiger partial charge >= 0.3 is 0 Å². The molecule has 1 aromatic rings. The van der Waals surface area contributed by atoms with Gasteiger partial charge in [0.15, 0.2) is 0 Å². The van der Waals surface area contributed by atoms with E-state index in [9.17, 15) is 4.79 Å². The third-order valence-electron chi connectivity index (χ3n) is 1.75. The van der Waals surface area contributed by atoms with E-state index in [1.54, 1.807) is 11.3 Å². The van der Waals surface area contributed by atoms with Crippen LogP contribution in [0.25, 0.3) is 0 Å². The normalized spacial score (nSPS) is 12.9. The van der Waals surface area contributed by atoms with Crippen LogP contribution in [-0.4, -0.2) is 6.29 Å². The molecular weight excluding hydrogens is 236 g/mol. The summed E-state index contributed by atoms with van der Waals surface area (Å²) >= 11 is 5.18. The highest BCUT2D eigenvalue weighted by Gasteiger charge is 2.10. The second kappa shape index (κ2) is 4.19. The fourth-order valence-corrected chi connectivity index (χ4v) is 2.88. The summed E-state index contributed by atoms with van der Waals surface area (Å²) in [5.41, 5.74) is 0. The van der Waals surface area contributed by atoms with Gasteiger partial charge in [-0.3, -0.25) is 0 Å². The number of hydrogen-bond acceptors (Lipinski definition) is 2. The fourth-order valence-electron chi connectivity index (χ4n) is 0.958. The maximum atomic E-state index is 10.5. The fraction of sp³-hybridized carbons (Fsp3) is 0.444. The zero-order valence-electron chi connectivity index (χ0n) is 7.13. The molecule has 0 fully saturated rings. The summed E-state index contributed by atoms with van der Waals surface area (Å²) in [6.07, 6.45) is 2.01. The molecule has 1 unspecified atom stereocenters. The van der Waals surface area contributed by atoms with Crippen molar-refractivity contribution in [3.8, 4) is 0 Å². The lowest BCUT2D eigenvalue weighted by Crippen LogP contribution is -1.88. The average molecular weight is 247 g/mol. The van der Waals surface area contributed by atoms with Gasteiger partial charge in [-0.25, -0.2) is 0 Å². The van der Waals surface area contributed by atoms with E-state index in [-0.39, 0.29) is 5.92 Å². The Kier molecular flexibility index (Phi) is 3.47. The standard InChI is InChI=1S/C9H11BrOS/c1-3-8-7(10)4-9(12-8)6(2)5-11/h4-6H,3H2,1-2H3. The molecule has 0 amide bonds. The Morgan fingerprint density at radius 1 is 1.75 bits per heavy atom. The summed E-state index contributed by atoms with van der Waals surface area (Å²) in [7, 11) is 0. The Balaban J connectivity index is 2.95. The minimum absolute atomic E-state index is 0.0339. The first-order chi connectivity index (χ1) is 5.69. The Hall–Kier alpha value is -0.150. The second-order valence-corrected chi connectivity index (χ2v) is 4.72. The van der Waals surface area contributed by atoms with Gasteiger partial charge in [-0.05, 0) is 28.4 Å². The number of carbonyl (C=O) groups is 1. The Bertz CT molecular complexity index is 280. The first-order valence-electron chi connectivity index (χ1n) is 3.92. The van der Waals surface area contributed by atoms with Crippen LogP contribution in [-0.2, 0) is 11.2 Å². The van der Waals surface area contributed by atoms with Crippen LogP contribution in [0.4, 0.5) is 0 Å². The number of rotatable bonds is 3. The minimum Gasteiger partial charge on any atom is -0.303 e. The molecule has 0 aliphatic heterocycles. The van der Waals surface area contributed by atoms with E-state index in [1.165, 1.54) is 4.88 Å². The molecule has 0 radical (unpaired) electrons. The van der Waals surface area contributed by atoms with Gasteiger partial charge in [0.2, 0.25) is 0 Å². The molecule has 0 N–H and O–H groups in total. The summed E-state index contributed by atoms with van der Waals surface area (Å²) in [6, 6.07) is 2.04. The first kappa shape index (κ1) is 9.93. The number of carbonyl (C=O) groups excluding carboxylic acids is 1. The van der Waals surface area contributed by atoms with Gasteiger partial charge in [0.1, 0.15) is 6.29 Å². The molecule has 0 saturated heterocycles. The Morgan fingerprint density at radius 2 is 2.42 bits per heavy atom. The van der Waals surface area contributed by atoms with Crippen LogP contribution in [0.1, 0.15) is 29.5 Å². The molecule has 0 saturated carbocycles. The highest BCUT2D eigenvalue weighted by molar-refractivity contribution is 9.10. The van der Waals surface area contributed by atoms with Gasteiger partial charge in [0.05, 0.1) is 0 Å². The molecular formula is C9H11BrOS. The summed E-state index contributed by atoms with van der Waals surface area (Å²) in [5, 5.41) is 0. The van der Waals surface area contributed by atoms with Crippen molar-refractivity contribution in [1.29, 1.82) is 0 Å². The summed E-state index contributed by atoms with van der Waals surface area (Å²) in [6.45, 7) is 4.04. The molecule has 1 heterocycles. The van der Waals surface area contributed by atoms with Gasteiger partial charge in [-0.2, -0.15) is 0 Å². The Labute approximate surface area is 84.9 Å². The highest BCUT2D eigenvalue weighted by Crippen LogP contribution is 2.31. The molecule has 0 bridgehead atoms. The maximum Gasteiger partial charge on any atom is 0.127 e. The number of hydrogen-bond donors (Lipinski definition) is 0. The lowest BCUT2D eigenvalue weighted by Gasteiger charge is -1.95. The van der Waals surface area contributed by atoms with E-state index in [1.807, 2.05) is 13.0 Å². The van der Waals surface area contributed by atoms with Gasteiger partial charge < -0.3 is 4.79 Å². The summed E-state index contributed by atoms with van der Waals surface area (Å²) in [4.78, 5) is 13.0. The third-order valence-corrected chi connectivity index (χ3v) is 4.20. The summed E-state index contributed by atoms with van der Waals surface area (Å²) < 4.78 is 1.14. The first-order valence-corrected chi connectivity index (χ1v) is 5.53. The minimum atomic E-state index is 0.0339. The molecule has 12 heavy (non-hydrogen) atoms. The molecule has 0 spiro atoms. The molecule has 1 rings (SSSR count). The molecule has 66 valence electrons. The van der Waals surface area contributed by atoms with Crippen LogP contribution in [0, 0.1) is 0 Å². The van der Waals surface area contributed by atoms with Gasteiger partial charge in [-0.15, -0.1) is 11.3 Å². The van der Waals surface area contributed by atoms with Crippen molar-refractivity contribution in [3.05, 3.63) is 20.3 Å². The topological polar surface area (TPSA) is 17.1 Å². The zero-order chi connectivity index (χ0) is 9.14. The molecule has 0 aliphatic rings. The largest absolute Gasteiger partial charge is 0.303 e. The van der Waals surface area contributed by atoms with Crippen molar-refractivity contribution in [3.63, 3.8) is 0 Å². The lowest BCUT2D eigenvalue weighted by atomic mass is 10.2.